The highest BCUT2D eigenvalue weighted by Gasteiger charge is 2.24. The molecule has 1 N–H and O–H groups in total. The van der Waals surface area contributed by atoms with Crippen LogP contribution in [0.4, 0.5) is 0 Å². The lowest BCUT2D eigenvalue weighted by molar-refractivity contribution is -0.119. The van der Waals surface area contributed by atoms with E-state index in [9.17, 15) is 4.79 Å². The lowest BCUT2D eigenvalue weighted by atomic mass is 9.86. The second-order valence-corrected chi connectivity index (χ2v) is 8.12. The molecule has 4 rings (SSSR count). The van der Waals surface area contributed by atoms with Crippen molar-refractivity contribution in [3.8, 4) is 17.3 Å². The standard InChI is InChI=1S/C21H24N4O2S/c1-15-8-5-6-11-17(15)22-19(26)14-28-21-24-23-20(18-12-7-13-27-18)25(21)16-9-3-2-4-10-16/h2-4,7,9-10,12-13,15,17H,5-6,8,11,14H2,1H3,(H,22,26)/t15-,17+/m1/s1. The summed E-state index contributed by atoms with van der Waals surface area (Å²) in [6, 6.07) is 13.8. The summed E-state index contributed by atoms with van der Waals surface area (Å²) in [5.41, 5.74) is 0.933. The first-order valence-corrected chi connectivity index (χ1v) is 10.7. The van der Waals surface area contributed by atoms with Crippen molar-refractivity contribution in [3.63, 3.8) is 0 Å². The van der Waals surface area contributed by atoms with Gasteiger partial charge in [-0.15, -0.1) is 10.2 Å². The summed E-state index contributed by atoms with van der Waals surface area (Å²) in [5, 5.41) is 12.5. The van der Waals surface area contributed by atoms with Crippen molar-refractivity contribution in [3.05, 3.63) is 48.7 Å². The Morgan fingerprint density at radius 2 is 2.00 bits per heavy atom. The van der Waals surface area contributed by atoms with Gasteiger partial charge in [0.15, 0.2) is 10.9 Å². The van der Waals surface area contributed by atoms with Gasteiger partial charge >= 0.3 is 0 Å². The van der Waals surface area contributed by atoms with E-state index in [1.807, 2.05) is 47.0 Å². The molecule has 146 valence electrons. The Bertz CT molecular complexity index is 908. The number of aromatic nitrogens is 3. The zero-order chi connectivity index (χ0) is 19.3. The molecule has 0 radical (unpaired) electrons. The second-order valence-electron chi connectivity index (χ2n) is 7.18. The van der Waals surface area contributed by atoms with Crippen molar-refractivity contribution >= 4 is 17.7 Å². The molecule has 0 unspecified atom stereocenters. The summed E-state index contributed by atoms with van der Waals surface area (Å²) >= 11 is 1.39. The van der Waals surface area contributed by atoms with E-state index in [1.165, 1.54) is 31.0 Å². The zero-order valence-corrected chi connectivity index (χ0v) is 16.7. The van der Waals surface area contributed by atoms with E-state index in [2.05, 4.69) is 22.4 Å². The summed E-state index contributed by atoms with van der Waals surface area (Å²) in [6.07, 6.45) is 6.33. The minimum absolute atomic E-state index is 0.0471. The fourth-order valence-corrected chi connectivity index (χ4v) is 4.41. The summed E-state index contributed by atoms with van der Waals surface area (Å²) in [5.74, 6) is 2.17. The number of benzene rings is 1. The van der Waals surface area contributed by atoms with Crippen molar-refractivity contribution < 1.29 is 9.21 Å². The first kappa shape index (κ1) is 18.8. The monoisotopic (exact) mass is 396 g/mol. The predicted octanol–water partition coefficient (Wildman–Crippen LogP) is 4.31. The zero-order valence-electron chi connectivity index (χ0n) is 15.9. The molecule has 1 amide bonds. The molecule has 0 bridgehead atoms. The molecular weight excluding hydrogens is 372 g/mol. The number of carbonyl (C=O) groups is 1. The molecule has 7 heteroatoms. The maximum absolute atomic E-state index is 12.5. The van der Waals surface area contributed by atoms with Crippen LogP contribution in [0.1, 0.15) is 32.6 Å². The lowest BCUT2D eigenvalue weighted by Gasteiger charge is -2.29. The van der Waals surface area contributed by atoms with Crippen LogP contribution in [0.2, 0.25) is 0 Å². The molecule has 1 fully saturated rings. The molecule has 1 saturated carbocycles. The van der Waals surface area contributed by atoms with Gasteiger partial charge < -0.3 is 9.73 Å². The quantitative estimate of drug-likeness (QED) is 0.629. The first-order valence-electron chi connectivity index (χ1n) is 9.69. The minimum atomic E-state index is 0.0471. The van der Waals surface area contributed by atoms with Crippen molar-refractivity contribution in [1.29, 1.82) is 0 Å². The summed E-state index contributed by atoms with van der Waals surface area (Å²) in [4.78, 5) is 12.5. The SMILES string of the molecule is C[C@@H]1CCCC[C@@H]1NC(=O)CSc1nnc(-c2ccco2)n1-c1ccccc1. The molecule has 2 heterocycles. The van der Waals surface area contributed by atoms with E-state index in [-0.39, 0.29) is 11.9 Å². The van der Waals surface area contributed by atoms with Crippen LogP contribution in [-0.4, -0.2) is 32.5 Å². The molecule has 1 aromatic carbocycles. The normalized spacial score (nSPS) is 19.5. The molecule has 2 aromatic heterocycles. The van der Waals surface area contributed by atoms with Crippen LogP contribution in [0.3, 0.4) is 0 Å². The van der Waals surface area contributed by atoms with Crippen LogP contribution in [0.25, 0.3) is 17.3 Å². The number of hydrogen-bond donors (Lipinski definition) is 1. The van der Waals surface area contributed by atoms with Crippen LogP contribution in [-0.2, 0) is 4.79 Å². The molecular formula is C21H24N4O2S. The highest BCUT2D eigenvalue weighted by molar-refractivity contribution is 7.99. The first-order chi connectivity index (χ1) is 13.7. The number of nitrogens with one attached hydrogen (secondary N) is 1. The molecule has 2 atom stereocenters. The van der Waals surface area contributed by atoms with Crippen molar-refractivity contribution in [1.82, 2.24) is 20.1 Å². The Morgan fingerprint density at radius 1 is 1.18 bits per heavy atom. The molecule has 1 aliphatic carbocycles. The van der Waals surface area contributed by atoms with E-state index in [0.717, 1.165) is 12.1 Å². The second kappa shape index (κ2) is 8.65. The van der Waals surface area contributed by atoms with Crippen LogP contribution in [0.15, 0.2) is 58.3 Å². The molecule has 3 aromatic rings. The van der Waals surface area contributed by atoms with Crippen LogP contribution < -0.4 is 5.32 Å². The number of carbonyl (C=O) groups excluding carboxylic acids is 1. The fraction of sp³-hybridized carbons (Fsp3) is 0.381. The topological polar surface area (TPSA) is 73.0 Å². The molecule has 0 saturated heterocycles. The van der Waals surface area contributed by atoms with Gasteiger partial charge in [-0.2, -0.15) is 0 Å². The smallest absolute Gasteiger partial charge is 0.230 e. The van der Waals surface area contributed by atoms with Crippen LogP contribution in [0.5, 0.6) is 0 Å². The number of para-hydroxylation sites is 1. The summed E-state index contributed by atoms with van der Waals surface area (Å²) in [7, 11) is 0. The number of nitrogens with zero attached hydrogens (tertiary/aromatic N) is 3. The van der Waals surface area contributed by atoms with Gasteiger partial charge in [0, 0.05) is 11.7 Å². The molecule has 1 aliphatic rings. The number of amides is 1. The molecule has 28 heavy (non-hydrogen) atoms. The van der Waals surface area contributed by atoms with E-state index >= 15 is 0 Å². The van der Waals surface area contributed by atoms with E-state index in [4.69, 9.17) is 4.42 Å². The van der Waals surface area contributed by atoms with Crippen molar-refractivity contribution in [2.45, 2.75) is 43.8 Å². The summed E-state index contributed by atoms with van der Waals surface area (Å²) < 4.78 is 7.45. The van der Waals surface area contributed by atoms with E-state index in [0.29, 0.717) is 28.4 Å². The highest BCUT2D eigenvalue weighted by atomic mass is 32.2. The van der Waals surface area contributed by atoms with Gasteiger partial charge in [-0.05, 0) is 43.0 Å². The van der Waals surface area contributed by atoms with Crippen molar-refractivity contribution in [2.24, 2.45) is 5.92 Å². The average molecular weight is 397 g/mol. The molecule has 0 aliphatic heterocycles. The third-order valence-corrected chi connectivity index (χ3v) is 6.11. The number of thioether (sulfide) groups is 1. The molecule has 6 nitrogen and oxygen atoms in total. The van der Waals surface area contributed by atoms with Gasteiger partial charge in [0.05, 0.1) is 12.0 Å². The Morgan fingerprint density at radius 3 is 2.75 bits per heavy atom. The van der Waals surface area contributed by atoms with Gasteiger partial charge in [0.25, 0.3) is 0 Å². The third-order valence-electron chi connectivity index (χ3n) is 5.18. The maximum Gasteiger partial charge on any atom is 0.230 e. The highest BCUT2D eigenvalue weighted by Crippen LogP contribution is 2.28. The predicted molar refractivity (Wildman–Crippen MR) is 109 cm³/mol. The number of hydrogen-bond acceptors (Lipinski definition) is 5. The van der Waals surface area contributed by atoms with Gasteiger partial charge in [-0.1, -0.05) is 49.7 Å². The number of rotatable bonds is 6. The lowest BCUT2D eigenvalue weighted by Crippen LogP contribution is -2.41. The minimum Gasteiger partial charge on any atom is -0.461 e. The van der Waals surface area contributed by atoms with Crippen molar-refractivity contribution in [2.75, 3.05) is 5.75 Å². The van der Waals surface area contributed by atoms with E-state index < -0.39 is 0 Å². The molecule has 0 spiro atoms. The van der Waals surface area contributed by atoms with E-state index in [1.54, 1.807) is 6.26 Å². The largest absolute Gasteiger partial charge is 0.461 e. The van der Waals surface area contributed by atoms with Gasteiger partial charge in [-0.25, -0.2) is 0 Å². The van der Waals surface area contributed by atoms with Gasteiger partial charge in [0.2, 0.25) is 11.7 Å². The Balaban J connectivity index is 1.51. The van der Waals surface area contributed by atoms with Gasteiger partial charge in [-0.3, -0.25) is 9.36 Å². The number of furan rings is 1. The average Bonchev–Trinajstić information content (AvgIpc) is 3.38. The maximum atomic E-state index is 12.5. The third kappa shape index (κ3) is 4.14. The van der Waals surface area contributed by atoms with Crippen LogP contribution >= 0.6 is 11.8 Å². The van der Waals surface area contributed by atoms with Gasteiger partial charge in [0.1, 0.15) is 0 Å². The Kier molecular flexibility index (Phi) is 5.81. The Labute approximate surface area is 168 Å². The Hall–Kier alpha value is -2.54. The van der Waals surface area contributed by atoms with Crippen LogP contribution in [0, 0.1) is 5.92 Å². The summed E-state index contributed by atoms with van der Waals surface area (Å²) in [6.45, 7) is 2.22. The fourth-order valence-electron chi connectivity index (χ4n) is 3.65.